The summed E-state index contributed by atoms with van der Waals surface area (Å²) in [6.45, 7) is 2.09. The topological polar surface area (TPSA) is 43.4 Å². The molecule has 0 saturated heterocycles. The standard InChI is InChI=1S/C16H13BrO3/c1-2-20-16(19)13-5-3-11(4-6-13)15(18)12-7-9-14(17)10-8-12/h3-10H,2H2,1H3. The van der Waals surface area contributed by atoms with Crippen LogP contribution in [0.1, 0.15) is 33.2 Å². The number of halogens is 1. The minimum Gasteiger partial charge on any atom is -0.462 e. The van der Waals surface area contributed by atoms with E-state index >= 15 is 0 Å². The summed E-state index contributed by atoms with van der Waals surface area (Å²) < 4.78 is 5.82. The second-order valence-electron chi connectivity index (χ2n) is 4.13. The Labute approximate surface area is 125 Å². The Morgan fingerprint density at radius 1 is 0.900 bits per heavy atom. The molecule has 2 aromatic carbocycles. The van der Waals surface area contributed by atoms with Gasteiger partial charge in [-0.15, -0.1) is 0 Å². The first-order chi connectivity index (χ1) is 9.61. The van der Waals surface area contributed by atoms with Crippen LogP contribution in [0.2, 0.25) is 0 Å². The Kier molecular flexibility index (Phi) is 4.69. The Morgan fingerprint density at radius 2 is 1.35 bits per heavy atom. The van der Waals surface area contributed by atoms with Crippen LogP contribution in [-0.4, -0.2) is 18.4 Å². The lowest BCUT2D eigenvalue weighted by Gasteiger charge is -2.04. The SMILES string of the molecule is CCOC(=O)c1ccc(C(=O)c2ccc(Br)cc2)cc1. The number of carbonyl (C=O) groups is 2. The molecule has 4 heteroatoms. The summed E-state index contributed by atoms with van der Waals surface area (Å²) in [6.07, 6.45) is 0. The number of benzene rings is 2. The molecule has 0 radical (unpaired) electrons. The van der Waals surface area contributed by atoms with E-state index in [1.165, 1.54) is 0 Å². The molecule has 20 heavy (non-hydrogen) atoms. The highest BCUT2D eigenvalue weighted by Gasteiger charge is 2.11. The molecule has 3 nitrogen and oxygen atoms in total. The van der Waals surface area contributed by atoms with Crippen molar-refractivity contribution in [1.82, 2.24) is 0 Å². The first-order valence-corrected chi connectivity index (χ1v) is 6.98. The number of ketones is 1. The zero-order chi connectivity index (χ0) is 14.5. The Bertz CT molecular complexity index is 615. The highest BCUT2D eigenvalue weighted by Crippen LogP contribution is 2.15. The number of carbonyl (C=O) groups excluding carboxylic acids is 2. The quantitative estimate of drug-likeness (QED) is 0.630. The zero-order valence-electron chi connectivity index (χ0n) is 10.9. The zero-order valence-corrected chi connectivity index (χ0v) is 12.5. The molecule has 0 heterocycles. The first-order valence-electron chi connectivity index (χ1n) is 6.19. The molecule has 0 amide bonds. The van der Waals surface area contributed by atoms with Gasteiger partial charge in [-0.2, -0.15) is 0 Å². The molecule has 0 spiro atoms. The van der Waals surface area contributed by atoms with Crippen molar-refractivity contribution in [2.45, 2.75) is 6.92 Å². The predicted molar refractivity (Wildman–Crippen MR) is 80.0 cm³/mol. The summed E-state index contributed by atoms with van der Waals surface area (Å²) in [7, 11) is 0. The minimum atomic E-state index is -0.379. The van der Waals surface area contributed by atoms with Gasteiger partial charge >= 0.3 is 5.97 Å². The van der Waals surface area contributed by atoms with E-state index in [4.69, 9.17) is 4.74 Å². The highest BCUT2D eigenvalue weighted by molar-refractivity contribution is 9.10. The largest absolute Gasteiger partial charge is 0.462 e. The Morgan fingerprint density at radius 3 is 1.85 bits per heavy atom. The van der Waals surface area contributed by atoms with Gasteiger partial charge in [0.2, 0.25) is 0 Å². The summed E-state index contributed by atoms with van der Waals surface area (Å²) in [4.78, 5) is 23.8. The molecule has 0 saturated carbocycles. The van der Waals surface area contributed by atoms with Crippen molar-refractivity contribution in [1.29, 1.82) is 0 Å². The van der Waals surface area contributed by atoms with Crippen LogP contribution in [0.3, 0.4) is 0 Å². The molecule has 0 atom stereocenters. The fourth-order valence-electron chi connectivity index (χ4n) is 1.74. The molecular weight excluding hydrogens is 320 g/mol. The number of hydrogen-bond donors (Lipinski definition) is 0. The predicted octanol–water partition coefficient (Wildman–Crippen LogP) is 3.86. The lowest BCUT2D eigenvalue weighted by Crippen LogP contribution is -2.06. The van der Waals surface area contributed by atoms with Gasteiger partial charge in [-0.25, -0.2) is 4.79 Å². The van der Waals surface area contributed by atoms with E-state index < -0.39 is 0 Å². The minimum absolute atomic E-state index is 0.0760. The van der Waals surface area contributed by atoms with Crippen LogP contribution < -0.4 is 0 Å². The fourth-order valence-corrected chi connectivity index (χ4v) is 2.00. The van der Waals surface area contributed by atoms with Crippen LogP contribution in [0.15, 0.2) is 53.0 Å². The number of hydrogen-bond acceptors (Lipinski definition) is 3. The van der Waals surface area contributed by atoms with Gasteiger partial charge in [0, 0.05) is 15.6 Å². The Hall–Kier alpha value is -1.94. The molecule has 102 valence electrons. The number of esters is 1. The second-order valence-corrected chi connectivity index (χ2v) is 5.05. The van der Waals surface area contributed by atoms with Crippen molar-refractivity contribution in [3.8, 4) is 0 Å². The third-order valence-electron chi connectivity index (χ3n) is 2.76. The maximum atomic E-state index is 12.2. The van der Waals surface area contributed by atoms with Gasteiger partial charge < -0.3 is 4.74 Å². The van der Waals surface area contributed by atoms with E-state index in [0.717, 1.165) is 4.47 Å². The van der Waals surface area contributed by atoms with Crippen molar-refractivity contribution in [2.75, 3.05) is 6.61 Å². The van der Waals surface area contributed by atoms with Crippen molar-refractivity contribution < 1.29 is 14.3 Å². The molecule has 2 aromatic rings. The molecule has 2 rings (SSSR count). The molecule has 0 N–H and O–H groups in total. The van der Waals surface area contributed by atoms with Gasteiger partial charge in [-0.05, 0) is 43.3 Å². The summed E-state index contributed by atoms with van der Waals surface area (Å²) >= 11 is 3.33. The molecule has 0 aliphatic heterocycles. The first kappa shape index (κ1) is 14.5. The van der Waals surface area contributed by atoms with Gasteiger partial charge in [0.25, 0.3) is 0 Å². The summed E-state index contributed by atoms with van der Waals surface area (Å²) in [6, 6.07) is 13.6. The summed E-state index contributed by atoms with van der Waals surface area (Å²) in [5, 5.41) is 0. The van der Waals surface area contributed by atoms with Gasteiger partial charge in [0.1, 0.15) is 0 Å². The monoisotopic (exact) mass is 332 g/mol. The van der Waals surface area contributed by atoms with Gasteiger partial charge in [-0.1, -0.05) is 28.1 Å². The second kappa shape index (κ2) is 6.48. The molecule has 0 aliphatic rings. The average Bonchev–Trinajstić information content (AvgIpc) is 2.48. The van der Waals surface area contributed by atoms with Crippen molar-refractivity contribution in [3.63, 3.8) is 0 Å². The van der Waals surface area contributed by atoms with E-state index in [1.807, 2.05) is 12.1 Å². The van der Waals surface area contributed by atoms with Crippen LogP contribution in [0.4, 0.5) is 0 Å². The van der Waals surface area contributed by atoms with Gasteiger partial charge in [0.05, 0.1) is 12.2 Å². The normalized spacial score (nSPS) is 10.1. The summed E-state index contributed by atoms with van der Waals surface area (Å²) in [5.74, 6) is -0.456. The smallest absolute Gasteiger partial charge is 0.338 e. The van der Waals surface area contributed by atoms with E-state index in [1.54, 1.807) is 43.3 Å². The molecule has 0 unspecified atom stereocenters. The van der Waals surface area contributed by atoms with Crippen LogP contribution in [0.25, 0.3) is 0 Å². The molecule has 0 bridgehead atoms. The van der Waals surface area contributed by atoms with E-state index in [0.29, 0.717) is 23.3 Å². The van der Waals surface area contributed by atoms with E-state index in [2.05, 4.69) is 15.9 Å². The lowest BCUT2D eigenvalue weighted by molar-refractivity contribution is 0.0526. The lowest BCUT2D eigenvalue weighted by atomic mass is 10.0. The fraction of sp³-hybridized carbons (Fsp3) is 0.125. The third-order valence-corrected chi connectivity index (χ3v) is 3.29. The van der Waals surface area contributed by atoms with Crippen LogP contribution >= 0.6 is 15.9 Å². The summed E-state index contributed by atoms with van der Waals surface area (Å²) in [5.41, 5.74) is 1.59. The van der Waals surface area contributed by atoms with Crippen LogP contribution in [0, 0.1) is 0 Å². The van der Waals surface area contributed by atoms with Crippen LogP contribution in [-0.2, 0) is 4.74 Å². The van der Waals surface area contributed by atoms with Gasteiger partial charge in [0.15, 0.2) is 5.78 Å². The van der Waals surface area contributed by atoms with Gasteiger partial charge in [-0.3, -0.25) is 4.79 Å². The highest BCUT2D eigenvalue weighted by atomic mass is 79.9. The van der Waals surface area contributed by atoms with E-state index in [9.17, 15) is 9.59 Å². The number of ether oxygens (including phenoxy) is 1. The molecular formula is C16H13BrO3. The van der Waals surface area contributed by atoms with E-state index in [-0.39, 0.29) is 11.8 Å². The number of rotatable bonds is 4. The third kappa shape index (κ3) is 3.33. The molecule has 0 aliphatic carbocycles. The average molecular weight is 333 g/mol. The Balaban J connectivity index is 2.19. The molecule has 0 fully saturated rings. The van der Waals surface area contributed by atoms with Crippen molar-refractivity contribution >= 4 is 27.7 Å². The van der Waals surface area contributed by atoms with Crippen molar-refractivity contribution in [3.05, 3.63) is 69.7 Å². The molecule has 0 aromatic heterocycles. The maximum absolute atomic E-state index is 12.2. The maximum Gasteiger partial charge on any atom is 0.338 e. The van der Waals surface area contributed by atoms with Crippen LogP contribution in [0.5, 0.6) is 0 Å². The van der Waals surface area contributed by atoms with Crippen molar-refractivity contribution in [2.24, 2.45) is 0 Å².